The van der Waals surface area contributed by atoms with E-state index in [1.54, 1.807) is 18.3 Å². The van der Waals surface area contributed by atoms with Gasteiger partial charge < -0.3 is 19.9 Å². The quantitative estimate of drug-likeness (QED) is 0.828. The molecule has 0 spiro atoms. The number of likely N-dealkylation sites (tertiary alicyclic amines) is 1. The van der Waals surface area contributed by atoms with Crippen molar-refractivity contribution in [1.82, 2.24) is 14.8 Å². The van der Waals surface area contributed by atoms with Crippen LogP contribution >= 0.6 is 0 Å². The van der Waals surface area contributed by atoms with Crippen LogP contribution in [0, 0.1) is 17.2 Å². The normalized spacial score (nSPS) is 21.1. The van der Waals surface area contributed by atoms with Gasteiger partial charge in [-0.25, -0.2) is 4.98 Å². The molecule has 1 amide bonds. The standard InChI is InChI=1S/C18H25N5O2/c19-12-16-2-1-5-20-18(16)21-13-15-3-6-22(14-15)7-4-17(24)23-8-10-25-11-9-23/h1-2,5,15H,3-4,6-11,13-14H2,(H,20,21)/t15-/m1/s1. The second-order valence-corrected chi connectivity index (χ2v) is 6.59. The molecule has 3 heterocycles. The first-order valence-electron chi connectivity index (χ1n) is 8.93. The summed E-state index contributed by atoms with van der Waals surface area (Å²) in [5.41, 5.74) is 0.577. The molecule has 134 valence electrons. The molecule has 0 saturated carbocycles. The highest BCUT2D eigenvalue weighted by Crippen LogP contribution is 2.18. The number of rotatable bonds is 6. The Hall–Kier alpha value is -2.17. The molecule has 1 aromatic heterocycles. The number of carbonyl (C=O) groups is 1. The Kier molecular flexibility index (Phi) is 6.20. The maximum Gasteiger partial charge on any atom is 0.224 e. The Morgan fingerprint density at radius 2 is 2.24 bits per heavy atom. The van der Waals surface area contributed by atoms with Crippen molar-refractivity contribution in [2.75, 3.05) is 57.8 Å². The third-order valence-corrected chi connectivity index (χ3v) is 4.86. The largest absolute Gasteiger partial charge is 0.378 e. The maximum atomic E-state index is 12.2. The van der Waals surface area contributed by atoms with Gasteiger partial charge >= 0.3 is 0 Å². The molecular weight excluding hydrogens is 318 g/mol. The van der Waals surface area contributed by atoms with Crippen molar-refractivity contribution in [1.29, 1.82) is 5.26 Å². The molecular formula is C18H25N5O2. The van der Waals surface area contributed by atoms with Crippen LogP contribution in [0.4, 0.5) is 5.82 Å². The number of hydrogen-bond donors (Lipinski definition) is 1. The molecule has 7 nitrogen and oxygen atoms in total. The van der Waals surface area contributed by atoms with Gasteiger partial charge in [-0.05, 0) is 31.0 Å². The van der Waals surface area contributed by atoms with Crippen LogP contribution in [0.25, 0.3) is 0 Å². The summed E-state index contributed by atoms with van der Waals surface area (Å²) in [6.45, 7) is 6.38. The summed E-state index contributed by atoms with van der Waals surface area (Å²) in [6.07, 6.45) is 3.38. The van der Waals surface area contributed by atoms with E-state index in [9.17, 15) is 4.79 Å². The highest BCUT2D eigenvalue weighted by atomic mass is 16.5. The van der Waals surface area contributed by atoms with E-state index in [-0.39, 0.29) is 5.91 Å². The van der Waals surface area contributed by atoms with Crippen molar-refractivity contribution in [2.24, 2.45) is 5.92 Å². The number of aromatic nitrogens is 1. The smallest absolute Gasteiger partial charge is 0.224 e. The molecule has 2 aliphatic heterocycles. The molecule has 0 unspecified atom stereocenters. The van der Waals surface area contributed by atoms with Gasteiger partial charge in [-0.2, -0.15) is 5.26 Å². The fourth-order valence-electron chi connectivity index (χ4n) is 3.38. The molecule has 2 aliphatic rings. The number of carbonyl (C=O) groups excluding carboxylic acids is 1. The zero-order valence-electron chi connectivity index (χ0n) is 14.5. The van der Waals surface area contributed by atoms with E-state index in [1.165, 1.54) is 0 Å². The van der Waals surface area contributed by atoms with Gasteiger partial charge in [0.25, 0.3) is 0 Å². The summed E-state index contributed by atoms with van der Waals surface area (Å²) >= 11 is 0. The van der Waals surface area contributed by atoms with Gasteiger partial charge in [-0.1, -0.05) is 0 Å². The number of amides is 1. The summed E-state index contributed by atoms with van der Waals surface area (Å²) in [7, 11) is 0. The second-order valence-electron chi connectivity index (χ2n) is 6.59. The molecule has 0 aromatic carbocycles. The number of nitriles is 1. The number of nitrogens with zero attached hydrogens (tertiary/aromatic N) is 4. The lowest BCUT2D eigenvalue weighted by Crippen LogP contribution is -2.41. The fourth-order valence-corrected chi connectivity index (χ4v) is 3.38. The number of ether oxygens (including phenoxy) is 1. The number of morpholine rings is 1. The molecule has 1 N–H and O–H groups in total. The molecule has 1 atom stereocenters. The number of hydrogen-bond acceptors (Lipinski definition) is 6. The summed E-state index contributed by atoms with van der Waals surface area (Å²) in [4.78, 5) is 20.7. The van der Waals surface area contributed by atoms with Crippen LogP contribution < -0.4 is 5.32 Å². The van der Waals surface area contributed by atoms with Crippen molar-refractivity contribution in [3.05, 3.63) is 23.9 Å². The van der Waals surface area contributed by atoms with Crippen molar-refractivity contribution in [3.8, 4) is 6.07 Å². The number of nitrogens with one attached hydrogen (secondary N) is 1. The maximum absolute atomic E-state index is 12.2. The van der Waals surface area contributed by atoms with Gasteiger partial charge in [-0.15, -0.1) is 0 Å². The Balaban J connectivity index is 1.38. The second kappa shape index (κ2) is 8.79. The van der Waals surface area contributed by atoms with E-state index in [4.69, 9.17) is 10.00 Å². The predicted molar refractivity (Wildman–Crippen MR) is 94.0 cm³/mol. The minimum absolute atomic E-state index is 0.233. The van der Waals surface area contributed by atoms with Crippen molar-refractivity contribution in [2.45, 2.75) is 12.8 Å². The lowest BCUT2D eigenvalue weighted by atomic mass is 10.1. The van der Waals surface area contributed by atoms with Crippen LogP contribution in [-0.2, 0) is 9.53 Å². The Morgan fingerprint density at radius 3 is 3.04 bits per heavy atom. The minimum Gasteiger partial charge on any atom is -0.378 e. The molecule has 1 aromatic rings. The molecule has 2 saturated heterocycles. The van der Waals surface area contributed by atoms with Crippen LogP contribution in [-0.4, -0.2) is 73.2 Å². The highest BCUT2D eigenvalue weighted by Gasteiger charge is 2.24. The van der Waals surface area contributed by atoms with Crippen molar-refractivity contribution >= 4 is 11.7 Å². The van der Waals surface area contributed by atoms with Gasteiger partial charge in [0.05, 0.1) is 18.8 Å². The lowest BCUT2D eigenvalue weighted by molar-refractivity contribution is -0.135. The lowest BCUT2D eigenvalue weighted by Gasteiger charge is -2.27. The summed E-state index contributed by atoms with van der Waals surface area (Å²) < 4.78 is 5.29. The van der Waals surface area contributed by atoms with E-state index < -0.39 is 0 Å². The molecule has 3 rings (SSSR count). The van der Waals surface area contributed by atoms with E-state index >= 15 is 0 Å². The first-order valence-corrected chi connectivity index (χ1v) is 8.93. The molecule has 7 heteroatoms. The van der Waals surface area contributed by atoms with Gasteiger partial charge in [0.15, 0.2) is 0 Å². The van der Waals surface area contributed by atoms with E-state index in [1.807, 2.05) is 4.90 Å². The first kappa shape index (κ1) is 17.6. The topological polar surface area (TPSA) is 81.5 Å². The summed E-state index contributed by atoms with van der Waals surface area (Å²) in [5, 5.41) is 12.4. The van der Waals surface area contributed by atoms with Crippen LogP contribution in [0.5, 0.6) is 0 Å². The molecule has 2 fully saturated rings. The third-order valence-electron chi connectivity index (χ3n) is 4.86. The predicted octanol–water partition coefficient (Wildman–Crippen LogP) is 0.936. The summed E-state index contributed by atoms with van der Waals surface area (Å²) in [6, 6.07) is 5.70. The molecule has 25 heavy (non-hydrogen) atoms. The van der Waals surface area contributed by atoms with Crippen LogP contribution in [0.1, 0.15) is 18.4 Å². The highest BCUT2D eigenvalue weighted by molar-refractivity contribution is 5.76. The average Bonchev–Trinajstić information content (AvgIpc) is 3.13. The van der Waals surface area contributed by atoms with E-state index in [0.717, 1.165) is 45.7 Å². The van der Waals surface area contributed by atoms with E-state index in [0.29, 0.717) is 36.9 Å². The SMILES string of the molecule is N#Cc1cccnc1NC[C@H]1CCN(CCC(=O)N2CCOCC2)C1. The molecule has 0 bridgehead atoms. The number of anilines is 1. The Labute approximate surface area is 148 Å². The monoisotopic (exact) mass is 343 g/mol. The average molecular weight is 343 g/mol. The zero-order chi connectivity index (χ0) is 17.5. The Morgan fingerprint density at radius 1 is 1.40 bits per heavy atom. The van der Waals surface area contributed by atoms with Crippen LogP contribution in [0.3, 0.4) is 0 Å². The minimum atomic E-state index is 0.233. The Bertz CT molecular complexity index is 624. The van der Waals surface area contributed by atoms with Crippen molar-refractivity contribution in [3.63, 3.8) is 0 Å². The van der Waals surface area contributed by atoms with Crippen LogP contribution in [0.15, 0.2) is 18.3 Å². The van der Waals surface area contributed by atoms with Gasteiger partial charge in [0, 0.05) is 45.3 Å². The molecule has 0 radical (unpaired) electrons. The van der Waals surface area contributed by atoms with Gasteiger partial charge in [-0.3, -0.25) is 4.79 Å². The number of pyridine rings is 1. The van der Waals surface area contributed by atoms with Crippen LogP contribution in [0.2, 0.25) is 0 Å². The van der Waals surface area contributed by atoms with Gasteiger partial charge in [0.2, 0.25) is 5.91 Å². The first-order chi connectivity index (χ1) is 12.3. The zero-order valence-corrected chi connectivity index (χ0v) is 14.5. The van der Waals surface area contributed by atoms with Gasteiger partial charge in [0.1, 0.15) is 11.9 Å². The third kappa shape index (κ3) is 4.91. The fraction of sp³-hybridized carbons (Fsp3) is 0.611. The summed E-state index contributed by atoms with van der Waals surface area (Å²) in [5.74, 6) is 1.41. The van der Waals surface area contributed by atoms with E-state index in [2.05, 4.69) is 21.3 Å². The van der Waals surface area contributed by atoms with Crippen molar-refractivity contribution < 1.29 is 9.53 Å². The molecule has 0 aliphatic carbocycles.